The van der Waals surface area contributed by atoms with Gasteiger partial charge in [0.15, 0.2) is 5.69 Å². The highest BCUT2D eigenvalue weighted by Gasteiger charge is 2.38. The minimum Gasteiger partial charge on any atom is -0.478 e. The average molecular weight is 549 g/mol. The smallest absolute Gasteiger partial charge is 0.471 e. The molecule has 0 fully saturated rings. The lowest BCUT2D eigenvalue weighted by molar-refractivity contribution is -0.173. The lowest BCUT2D eigenvalue weighted by atomic mass is 10.2. The number of ether oxygens (including phenoxy) is 1. The van der Waals surface area contributed by atoms with E-state index in [0.29, 0.717) is 11.9 Å². The van der Waals surface area contributed by atoms with Crippen LogP contribution in [-0.4, -0.2) is 50.5 Å². The third-order valence-electron chi connectivity index (χ3n) is 4.38. The zero-order chi connectivity index (χ0) is 27.2. The lowest BCUT2D eigenvalue weighted by Gasteiger charge is -2.10. The van der Waals surface area contributed by atoms with E-state index in [4.69, 9.17) is 4.74 Å². The summed E-state index contributed by atoms with van der Waals surface area (Å²) in [6, 6.07) is 2.88. The fourth-order valence-corrected chi connectivity index (χ4v) is 3.46. The van der Waals surface area contributed by atoms with Gasteiger partial charge in [-0.1, -0.05) is 0 Å². The second kappa shape index (κ2) is 11.4. The summed E-state index contributed by atoms with van der Waals surface area (Å²) in [7, 11) is 0. The first-order chi connectivity index (χ1) is 17.3. The van der Waals surface area contributed by atoms with Crippen molar-refractivity contribution in [2.45, 2.75) is 25.7 Å². The monoisotopic (exact) mass is 549 g/mol. The molecule has 3 rings (SSSR count). The van der Waals surface area contributed by atoms with E-state index in [-0.39, 0.29) is 47.5 Å². The number of carbonyl (C=O) groups is 2. The number of alkyl halides is 6. The molecule has 0 saturated carbocycles. The van der Waals surface area contributed by atoms with Crippen molar-refractivity contribution < 1.29 is 40.7 Å². The number of carbonyl (C=O) groups excluding carboxylic acids is 2. The van der Waals surface area contributed by atoms with Gasteiger partial charge >= 0.3 is 18.3 Å². The fourth-order valence-electron chi connectivity index (χ4n) is 2.66. The first-order valence-corrected chi connectivity index (χ1v) is 11.0. The number of hydrogen-bond donors (Lipinski definition) is 3. The zero-order valence-corrected chi connectivity index (χ0v) is 19.5. The summed E-state index contributed by atoms with van der Waals surface area (Å²) in [5.41, 5.74) is -0.395. The Hall–Kier alpha value is -4.02. The van der Waals surface area contributed by atoms with Crippen LogP contribution in [0, 0.1) is 6.92 Å². The molecule has 3 heterocycles. The Labute approximate surface area is 208 Å². The zero-order valence-electron chi connectivity index (χ0n) is 18.7. The van der Waals surface area contributed by atoms with Gasteiger partial charge in [0.1, 0.15) is 10.8 Å². The van der Waals surface area contributed by atoms with Crippen molar-refractivity contribution in [1.29, 1.82) is 0 Å². The quantitative estimate of drug-likeness (QED) is 0.269. The van der Waals surface area contributed by atoms with Crippen LogP contribution in [0.25, 0.3) is 0 Å². The third kappa shape index (κ3) is 7.73. The molecule has 0 bridgehead atoms. The number of aryl methyl sites for hydroxylation is 1. The highest BCUT2D eigenvalue weighted by atomic mass is 32.1. The molecule has 37 heavy (non-hydrogen) atoms. The molecule has 0 radical (unpaired) electrons. The Bertz CT molecular complexity index is 1230. The molecule has 0 aliphatic rings. The first kappa shape index (κ1) is 27.6. The Balaban J connectivity index is 1.54. The molecular weight excluding hydrogens is 532 g/mol. The van der Waals surface area contributed by atoms with Gasteiger partial charge in [-0.2, -0.15) is 30.7 Å². The predicted molar refractivity (Wildman–Crippen MR) is 119 cm³/mol. The van der Waals surface area contributed by atoms with Crippen molar-refractivity contribution in [3.8, 4) is 5.88 Å². The molecule has 17 heteroatoms. The topological polar surface area (TPSA) is 131 Å². The van der Waals surface area contributed by atoms with E-state index in [0.717, 1.165) is 17.7 Å². The van der Waals surface area contributed by atoms with Crippen LogP contribution in [0.15, 0.2) is 30.7 Å². The van der Waals surface area contributed by atoms with Gasteiger partial charge in [0.2, 0.25) is 5.88 Å². The predicted octanol–water partition coefficient (Wildman–Crippen LogP) is 4.10. The molecule has 3 N–H and O–H groups in total. The molecular formula is C20H17F6N7O3S. The van der Waals surface area contributed by atoms with Crippen LogP contribution in [0.1, 0.15) is 28.2 Å². The number of anilines is 3. The molecule has 3 aromatic rings. The van der Waals surface area contributed by atoms with Crippen LogP contribution in [0.3, 0.4) is 0 Å². The van der Waals surface area contributed by atoms with Crippen molar-refractivity contribution in [2.75, 3.05) is 23.8 Å². The Kier molecular flexibility index (Phi) is 8.46. The summed E-state index contributed by atoms with van der Waals surface area (Å²) >= 11 is 0.902. The maximum absolute atomic E-state index is 12.8. The minimum absolute atomic E-state index is 0.0154. The van der Waals surface area contributed by atoms with Gasteiger partial charge in [-0.25, -0.2) is 15.0 Å². The number of aromatic nitrogens is 4. The van der Waals surface area contributed by atoms with E-state index in [1.807, 2.05) is 0 Å². The van der Waals surface area contributed by atoms with E-state index in [1.165, 1.54) is 18.3 Å². The molecule has 10 nitrogen and oxygen atoms in total. The fraction of sp³-hybridized carbons (Fsp3) is 0.300. The van der Waals surface area contributed by atoms with Crippen LogP contribution >= 0.6 is 11.5 Å². The highest BCUT2D eigenvalue weighted by molar-refractivity contribution is 7.10. The number of rotatable bonds is 9. The van der Waals surface area contributed by atoms with Crippen molar-refractivity contribution in [3.63, 3.8) is 0 Å². The summed E-state index contributed by atoms with van der Waals surface area (Å²) in [6.07, 6.45) is -6.77. The summed E-state index contributed by atoms with van der Waals surface area (Å²) in [4.78, 5) is 34.5. The molecule has 3 aromatic heterocycles. The van der Waals surface area contributed by atoms with Crippen molar-refractivity contribution in [3.05, 3.63) is 47.7 Å². The number of nitrogens with zero attached hydrogens (tertiary/aromatic N) is 4. The molecule has 0 unspecified atom stereocenters. The largest absolute Gasteiger partial charge is 0.478 e. The van der Waals surface area contributed by atoms with Crippen LogP contribution in [0.2, 0.25) is 0 Å². The van der Waals surface area contributed by atoms with E-state index in [2.05, 4.69) is 30.0 Å². The normalized spacial score (nSPS) is 11.6. The van der Waals surface area contributed by atoms with Crippen LogP contribution < -0.4 is 20.7 Å². The Morgan fingerprint density at radius 2 is 1.78 bits per heavy atom. The van der Waals surface area contributed by atoms with E-state index in [1.54, 1.807) is 12.2 Å². The number of nitrogens with one attached hydrogen (secondary N) is 3. The van der Waals surface area contributed by atoms with Crippen LogP contribution in [-0.2, 0) is 11.0 Å². The van der Waals surface area contributed by atoms with Crippen molar-refractivity contribution >= 4 is 39.9 Å². The second-order valence-corrected chi connectivity index (χ2v) is 7.95. The van der Waals surface area contributed by atoms with Crippen LogP contribution in [0.4, 0.5) is 42.8 Å². The van der Waals surface area contributed by atoms with E-state index < -0.39 is 29.9 Å². The van der Waals surface area contributed by atoms with E-state index >= 15 is 0 Å². The average Bonchev–Trinajstić information content (AvgIpc) is 3.18. The molecule has 0 spiro atoms. The number of halogens is 6. The van der Waals surface area contributed by atoms with E-state index in [9.17, 15) is 35.9 Å². The second-order valence-electron chi connectivity index (χ2n) is 7.18. The van der Waals surface area contributed by atoms with Gasteiger partial charge in [-0.05, 0) is 30.9 Å². The molecule has 0 aromatic carbocycles. The summed E-state index contributed by atoms with van der Waals surface area (Å²) in [5.74, 6) is -2.50. The molecule has 0 aliphatic heterocycles. The molecule has 2 amide bonds. The maximum Gasteiger partial charge on any atom is 0.471 e. The summed E-state index contributed by atoms with van der Waals surface area (Å²) < 4.78 is 83.7. The first-order valence-electron chi connectivity index (χ1n) is 10.2. The summed E-state index contributed by atoms with van der Waals surface area (Å²) in [5, 5.41) is 7.27. The molecule has 0 aliphatic carbocycles. The standard InChI is InChI=1S/C20H17F6N7O3S/c1-10-15(17(37-33-10)32-13-9-28-12(8-29-13)19(21,22)23)16(34)31-11-3-4-14(30-7-11)36-6-2-5-27-18(35)20(24,25)26/h3-4,7-9H,2,5-6H2,1H3,(H,27,35)(H,29,32)(H,31,34). The lowest BCUT2D eigenvalue weighted by Crippen LogP contribution is -2.37. The third-order valence-corrected chi connectivity index (χ3v) is 5.24. The van der Waals surface area contributed by atoms with Crippen molar-refractivity contribution in [1.82, 2.24) is 24.6 Å². The van der Waals surface area contributed by atoms with Gasteiger partial charge in [-0.3, -0.25) is 9.59 Å². The van der Waals surface area contributed by atoms with Crippen molar-refractivity contribution in [2.24, 2.45) is 0 Å². The molecule has 0 atom stereocenters. The Morgan fingerprint density at radius 1 is 1.03 bits per heavy atom. The number of pyridine rings is 1. The maximum atomic E-state index is 12.8. The molecule has 0 saturated heterocycles. The summed E-state index contributed by atoms with van der Waals surface area (Å²) in [6.45, 7) is 1.31. The minimum atomic E-state index is -4.95. The molecule has 198 valence electrons. The number of hydrogen-bond acceptors (Lipinski definition) is 9. The van der Waals surface area contributed by atoms with Gasteiger partial charge < -0.3 is 20.7 Å². The SMILES string of the molecule is Cc1nsc(Nc2cnc(C(F)(F)F)cn2)c1C(=O)Nc1ccc(OCCCNC(=O)C(F)(F)F)nc1. The number of amides is 2. The Morgan fingerprint density at radius 3 is 2.38 bits per heavy atom. The van der Waals surface area contributed by atoms with Crippen LogP contribution in [0.5, 0.6) is 5.88 Å². The van der Waals surface area contributed by atoms with Gasteiger partial charge in [0.05, 0.1) is 42.1 Å². The highest BCUT2D eigenvalue weighted by Crippen LogP contribution is 2.30. The van der Waals surface area contributed by atoms with Gasteiger partial charge in [-0.15, -0.1) is 0 Å². The van der Waals surface area contributed by atoms with Gasteiger partial charge in [0, 0.05) is 12.6 Å². The van der Waals surface area contributed by atoms with Gasteiger partial charge in [0.25, 0.3) is 5.91 Å².